The van der Waals surface area contributed by atoms with Crippen molar-refractivity contribution >= 4 is 18.2 Å². The van der Waals surface area contributed by atoms with Crippen LogP contribution in [0.4, 0.5) is 0 Å². The summed E-state index contributed by atoms with van der Waals surface area (Å²) in [6.07, 6.45) is 1.74. The number of hydrogen-bond acceptors (Lipinski definition) is 2. The van der Waals surface area contributed by atoms with E-state index in [0.29, 0.717) is 11.7 Å². The Balaban J connectivity index is 0.00000120. The molecule has 2 aliphatic rings. The highest BCUT2D eigenvalue weighted by Crippen LogP contribution is 2.46. The van der Waals surface area contributed by atoms with E-state index in [9.17, 15) is 4.79 Å². The van der Waals surface area contributed by atoms with Crippen LogP contribution in [-0.4, -0.2) is 18.9 Å². The number of rotatable bonds is 1. The van der Waals surface area contributed by atoms with E-state index in [1.165, 1.54) is 5.56 Å². The summed E-state index contributed by atoms with van der Waals surface area (Å²) in [5.41, 5.74) is 1.56. The molecule has 1 saturated heterocycles. The predicted octanol–water partition coefficient (Wildman–Crippen LogP) is 2.56. The van der Waals surface area contributed by atoms with Crippen molar-refractivity contribution in [1.29, 1.82) is 0 Å². The minimum atomic E-state index is 0. The second-order valence-corrected chi connectivity index (χ2v) is 5.62. The minimum Gasteiger partial charge on any atom is -0.316 e. The monoisotopic (exact) mass is 265 g/mol. The Kier molecular flexibility index (Phi) is 3.79. The number of Topliss-reactive ketones (excluding diaryl/α,β-unsaturated/α-hetero) is 1. The molecule has 0 radical (unpaired) electrons. The van der Waals surface area contributed by atoms with Crippen LogP contribution >= 0.6 is 12.4 Å². The summed E-state index contributed by atoms with van der Waals surface area (Å²) in [5, 5.41) is 3.40. The molecule has 1 aliphatic heterocycles. The van der Waals surface area contributed by atoms with Gasteiger partial charge in [-0.25, -0.2) is 0 Å². The quantitative estimate of drug-likeness (QED) is 0.846. The minimum absolute atomic E-state index is 0. The van der Waals surface area contributed by atoms with Gasteiger partial charge in [-0.2, -0.15) is 0 Å². The molecule has 1 aromatic carbocycles. The van der Waals surface area contributed by atoms with Gasteiger partial charge in [-0.1, -0.05) is 37.3 Å². The van der Waals surface area contributed by atoms with E-state index < -0.39 is 0 Å². The lowest BCUT2D eigenvalue weighted by Gasteiger charge is -2.42. The zero-order valence-electron chi connectivity index (χ0n) is 10.7. The van der Waals surface area contributed by atoms with Crippen LogP contribution in [0.3, 0.4) is 0 Å². The summed E-state index contributed by atoms with van der Waals surface area (Å²) < 4.78 is 0. The maximum absolute atomic E-state index is 12.0. The highest BCUT2D eigenvalue weighted by molar-refractivity contribution is 5.85. The number of halogens is 1. The normalized spacial score (nSPS) is 34.8. The molecule has 3 rings (SSSR count). The van der Waals surface area contributed by atoms with Gasteiger partial charge in [-0.05, 0) is 29.9 Å². The Morgan fingerprint density at radius 2 is 1.94 bits per heavy atom. The van der Waals surface area contributed by atoms with Gasteiger partial charge in [0, 0.05) is 18.9 Å². The second kappa shape index (κ2) is 5.02. The van der Waals surface area contributed by atoms with E-state index in [-0.39, 0.29) is 23.7 Å². The molecule has 3 atom stereocenters. The van der Waals surface area contributed by atoms with Gasteiger partial charge in [0.2, 0.25) is 0 Å². The number of benzene rings is 1. The zero-order valence-corrected chi connectivity index (χ0v) is 11.5. The summed E-state index contributed by atoms with van der Waals surface area (Å²) in [7, 11) is 0. The molecule has 18 heavy (non-hydrogen) atoms. The van der Waals surface area contributed by atoms with E-state index >= 15 is 0 Å². The molecule has 2 nitrogen and oxygen atoms in total. The molecule has 0 bridgehead atoms. The molecule has 1 heterocycles. The third kappa shape index (κ3) is 1.98. The van der Waals surface area contributed by atoms with E-state index in [1.807, 2.05) is 0 Å². The van der Waals surface area contributed by atoms with Crippen LogP contribution in [0, 0.1) is 11.8 Å². The standard InChI is InChI=1S/C15H19NO.ClH/c1-15(11-5-3-2-4-6-11)8-7-14(17)12-9-16-10-13(12)15;/h2-6,12-13,16H,7-10H2,1H3;1H. The van der Waals surface area contributed by atoms with E-state index in [1.54, 1.807) is 0 Å². The molecular weight excluding hydrogens is 246 g/mol. The van der Waals surface area contributed by atoms with Gasteiger partial charge in [0.05, 0.1) is 0 Å². The summed E-state index contributed by atoms with van der Waals surface area (Å²) in [5.74, 6) is 1.19. The molecule has 0 spiro atoms. The third-order valence-electron chi connectivity index (χ3n) is 4.77. The van der Waals surface area contributed by atoms with Crippen LogP contribution in [0.5, 0.6) is 0 Å². The summed E-state index contributed by atoms with van der Waals surface area (Å²) in [6, 6.07) is 10.7. The molecule has 98 valence electrons. The van der Waals surface area contributed by atoms with Gasteiger partial charge < -0.3 is 5.32 Å². The summed E-state index contributed by atoms with van der Waals surface area (Å²) in [4.78, 5) is 12.0. The number of fused-ring (bicyclic) bond motifs is 1. The fourth-order valence-electron chi connectivity index (χ4n) is 3.62. The van der Waals surface area contributed by atoms with Crippen LogP contribution in [0.15, 0.2) is 30.3 Å². The first-order valence-corrected chi connectivity index (χ1v) is 6.51. The Hall–Kier alpha value is -0.860. The molecular formula is C15H20ClNO. The molecule has 0 aromatic heterocycles. The fraction of sp³-hybridized carbons (Fsp3) is 0.533. The van der Waals surface area contributed by atoms with E-state index in [4.69, 9.17) is 0 Å². The van der Waals surface area contributed by atoms with Crippen molar-refractivity contribution in [2.75, 3.05) is 13.1 Å². The Morgan fingerprint density at radius 3 is 2.67 bits per heavy atom. The average molecular weight is 266 g/mol. The molecule has 0 amide bonds. The van der Waals surface area contributed by atoms with Gasteiger partial charge in [-0.15, -0.1) is 12.4 Å². The molecule has 3 unspecified atom stereocenters. The number of carbonyl (C=O) groups excluding carboxylic acids is 1. The van der Waals surface area contributed by atoms with Gasteiger partial charge in [0.25, 0.3) is 0 Å². The lowest BCUT2D eigenvalue weighted by atomic mass is 9.60. The lowest BCUT2D eigenvalue weighted by molar-refractivity contribution is -0.127. The largest absolute Gasteiger partial charge is 0.316 e. The van der Waals surface area contributed by atoms with Crippen LogP contribution in [0.2, 0.25) is 0 Å². The zero-order chi connectivity index (χ0) is 11.9. The number of ketones is 1. The SMILES string of the molecule is CC1(c2ccccc2)CCC(=O)C2CNCC21.Cl. The van der Waals surface area contributed by atoms with Gasteiger partial charge in [0.1, 0.15) is 5.78 Å². The van der Waals surface area contributed by atoms with Crippen LogP contribution < -0.4 is 5.32 Å². The fourth-order valence-corrected chi connectivity index (χ4v) is 3.62. The topological polar surface area (TPSA) is 29.1 Å². The molecule has 1 aliphatic carbocycles. The maximum Gasteiger partial charge on any atom is 0.137 e. The molecule has 1 aromatic rings. The molecule has 2 fully saturated rings. The number of nitrogens with one attached hydrogen (secondary N) is 1. The van der Waals surface area contributed by atoms with Gasteiger partial charge >= 0.3 is 0 Å². The highest BCUT2D eigenvalue weighted by atomic mass is 35.5. The number of hydrogen-bond donors (Lipinski definition) is 1. The van der Waals surface area contributed by atoms with E-state index in [2.05, 4.69) is 42.6 Å². The average Bonchev–Trinajstić information content (AvgIpc) is 2.86. The van der Waals surface area contributed by atoms with Gasteiger partial charge in [0.15, 0.2) is 0 Å². The van der Waals surface area contributed by atoms with Crippen molar-refractivity contribution in [1.82, 2.24) is 5.32 Å². The first-order valence-electron chi connectivity index (χ1n) is 6.51. The predicted molar refractivity (Wildman–Crippen MR) is 75.1 cm³/mol. The first kappa shape index (κ1) is 13.6. The van der Waals surface area contributed by atoms with Crippen molar-refractivity contribution in [3.8, 4) is 0 Å². The van der Waals surface area contributed by atoms with Gasteiger partial charge in [-0.3, -0.25) is 4.79 Å². The van der Waals surface area contributed by atoms with Crippen molar-refractivity contribution in [3.63, 3.8) is 0 Å². The molecule has 1 saturated carbocycles. The highest BCUT2D eigenvalue weighted by Gasteiger charge is 2.48. The van der Waals surface area contributed by atoms with Crippen molar-refractivity contribution in [2.45, 2.75) is 25.2 Å². The Bertz CT molecular complexity index is 433. The van der Waals surface area contributed by atoms with Crippen LogP contribution in [0.25, 0.3) is 0 Å². The van der Waals surface area contributed by atoms with Crippen LogP contribution in [0.1, 0.15) is 25.3 Å². The Morgan fingerprint density at radius 1 is 1.22 bits per heavy atom. The number of carbonyl (C=O) groups is 1. The maximum atomic E-state index is 12.0. The summed E-state index contributed by atoms with van der Waals surface area (Å²) >= 11 is 0. The van der Waals surface area contributed by atoms with Crippen molar-refractivity contribution in [3.05, 3.63) is 35.9 Å². The van der Waals surface area contributed by atoms with Crippen molar-refractivity contribution in [2.24, 2.45) is 11.8 Å². The molecule has 3 heteroatoms. The third-order valence-corrected chi connectivity index (χ3v) is 4.77. The smallest absolute Gasteiger partial charge is 0.137 e. The van der Waals surface area contributed by atoms with E-state index in [0.717, 1.165) is 25.9 Å². The second-order valence-electron chi connectivity index (χ2n) is 5.62. The molecule has 1 N–H and O–H groups in total. The van der Waals surface area contributed by atoms with Crippen molar-refractivity contribution < 1.29 is 4.79 Å². The summed E-state index contributed by atoms with van der Waals surface area (Å²) in [6.45, 7) is 4.20. The first-order chi connectivity index (χ1) is 8.22. The lowest BCUT2D eigenvalue weighted by Crippen LogP contribution is -2.44. The van der Waals surface area contributed by atoms with Crippen LogP contribution in [-0.2, 0) is 10.2 Å². The Labute approximate surface area is 115 Å².